The second kappa shape index (κ2) is 8.97. The lowest BCUT2D eigenvalue weighted by Gasteiger charge is -2.10. The molecule has 3 rings (SSSR count). The zero-order valence-electron chi connectivity index (χ0n) is 14.0. The summed E-state index contributed by atoms with van der Waals surface area (Å²) >= 11 is 11.7. The van der Waals surface area contributed by atoms with E-state index < -0.39 is 12.1 Å². The molecule has 0 radical (unpaired) electrons. The molecule has 2 aromatic carbocycles. The lowest BCUT2D eigenvalue weighted by molar-refractivity contribution is 0.146. The Morgan fingerprint density at radius 3 is 2.19 bits per heavy atom. The van der Waals surface area contributed by atoms with Crippen LogP contribution in [0.1, 0.15) is 17.7 Å². The number of nitrogens with one attached hydrogen (secondary N) is 1. The molecule has 0 bridgehead atoms. The van der Waals surface area contributed by atoms with Crippen molar-refractivity contribution in [2.75, 3.05) is 11.9 Å². The molecule has 3 aromatic rings. The van der Waals surface area contributed by atoms with Crippen molar-refractivity contribution in [3.8, 4) is 11.5 Å². The van der Waals surface area contributed by atoms with Crippen molar-refractivity contribution in [1.29, 1.82) is 0 Å². The predicted octanol–water partition coefficient (Wildman–Crippen LogP) is 6.17. The van der Waals surface area contributed by atoms with Crippen molar-refractivity contribution in [3.63, 3.8) is 0 Å². The number of anilines is 1. The third-order valence-corrected chi connectivity index (χ3v) is 4.33. The average Bonchev–Trinajstić information content (AvgIpc) is 2.66. The Bertz CT molecular complexity index is 890. The van der Waals surface area contributed by atoms with E-state index in [2.05, 4.69) is 15.3 Å². The minimum absolute atomic E-state index is 0.154. The van der Waals surface area contributed by atoms with Crippen molar-refractivity contribution in [2.45, 2.75) is 12.8 Å². The second-order valence-electron chi connectivity index (χ2n) is 5.60. The van der Waals surface area contributed by atoms with Crippen LogP contribution in [0.15, 0.2) is 54.9 Å². The van der Waals surface area contributed by atoms with Gasteiger partial charge in [-0.25, -0.2) is 18.7 Å². The first-order valence-corrected chi connectivity index (χ1v) is 8.83. The molecular weight excluding hydrogens is 395 g/mol. The van der Waals surface area contributed by atoms with Gasteiger partial charge < -0.3 is 10.1 Å². The molecule has 0 atom stereocenters. The molecule has 0 spiro atoms. The first-order chi connectivity index (χ1) is 13.0. The van der Waals surface area contributed by atoms with E-state index in [0.717, 1.165) is 11.9 Å². The second-order valence-corrected chi connectivity index (χ2v) is 6.41. The SMILES string of the molecule is FC(F)c1ncnc(NCCc2ccc(Oc3ccc(Cl)cc3)cc2)c1Cl. The van der Waals surface area contributed by atoms with Gasteiger partial charge in [0.05, 0.1) is 0 Å². The highest BCUT2D eigenvalue weighted by Crippen LogP contribution is 2.29. The van der Waals surface area contributed by atoms with Crippen LogP contribution in [0.4, 0.5) is 14.6 Å². The monoisotopic (exact) mass is 409 g/mol. The molecule has 1 heterocycles. The summed E-state index contributed by atoms with van der Waals surface area (Å²) in [4.78, 5) is 7.40. The summed E-state index contributed by atoms with van der Waals surface area (Å²) in [6, 6.07) is 14.7. The van der Waals surface area contributed by atoms with Crippen molar-refractivity contribution in [1.82, 2.24) is 9.97 Å². The zero-order chi connectivity index (χ0) is 19.2. The molecular formula is C19H15Cl2F2N3O. The van der Waals surface area contributed by atoms with Gasteiger partial charge in [0.25, 0.3) is 6.43 Å². The lowest BCUT2D eigenvalue weighted by Crippen LogP contribution is -2.08. The maximum Gasteiger partial charge on any atom is 0.282 e. The van der Waals surface area contributed by atoms with E-state index in [1.165, 1.54) is 0 Å². The van der Waals surface area contributed by atoms with Gasteiger partial charge in [0.15, 0.2) is 0 Å². The number of alkyl halides is 2. The van der Waals surface area contributed by atoms with Gasteiger partial charge in [-0.1, -0.05) is 35.3 Å². The Balaban J connectivity index is 1.55. The Labute approximate surface area is 165 Å². The molecule has 0 aliphatic carbocycles. The largest absolute Gasteiger partial charge is 0.457 e. The van der Waals surface area contributed by atoms with E-state index in [-0.39, 0.29) is 10.8 Å². The number of hydrogen-bond acceptors (Lipinski definition) is 4. The van der Waals surface area contributed by atoms with E-state index >= 15 is 0 Å². The van der Waals surface area contributed by atoms with Gasteiger partial charge in [-0.05, 0) is 48.4 Å². The number of ether oxygens (including phenoxy) is 1. The van der Waals surface area contributed by atoms with E-state index in [9.17, 15) is 8.78 Å². The predicted molar refractivity (Wildman–Crippen MR) is 102 cm³/mol. The lowest BCUT2D eigenvalue weighted by atomic mass is 10.1. The van der Waals surface area contributed by atoms with Crippen molar-refractivity contribution in [3.05, 3.63) is 76.2 Å². The quantitative estimate of drug-likeness (QED) is 0.506. The number of benzene rings is 2. The highest BCUT2D eigenvalue weighted by atomic mass is 35.5. The Morgan fingerprint density at radius 2 is 1.56 bits per heavy atom. The maximum atomic E-state index is 12.8. The minimum Gasteiger partial charge on any atom is -0.457 e. The van der Waals surface area contributed by atoms with Gasteiger partial charge in [-0.2, -0.15) is 0 Å². The van der Waals surface area contributed by atoms with E-state index in [1.807, 2.05) is 24.3 Å². The van der Waals surface area contributed by atoms with Crippen LogP contribution in [0.5, 0.6) is 11.5 Å². The normalized spacial score (nSPS) is 10.9. The topological polar surface area (TPSA) is 47.0 Å². The number of aromatic nitrogens is 2. The standard InChI is InChI=1S/C19H15Cl2F2N3O/c20-13-3-7-15(8-4-13)27-14-5-1-12(2-6-14)9-10-24-19-16(21)17(18(22)23)25-11-26-19/h1-8,11,18H,9-10H2,(H,24,25,26). The molecule has 0 saturated carbocycles. The van der Waals surface area contributed by atoms with Crippen LogP contribution in [0.25, 0.3) is 0 Å². The molecule has 1 N–H and O–H groups in total. The van der Waals surface area contributed by atoms with Crippen LogP contribution in [-0.2, 0) is 6.42 Å². The molecule has 0 aliphatic rings. The van der Waals surface area contributed by atoms with Crippen LogP contribution in [0.3, 0.4) is 0 Å². The van der Waals surface area contributed by atoms with E-state index in [4.69, 9.17) is 27.9 Å². The van der Waals surface area contributed by atoms with E-state index in [0.29, 0.717) is 29.5 Å². The van der Waals surface area contributed by atoms with Crippen LogP contribution in [-0.4, -0.2) is 16.5 Å². The number of hydrogen-bond donors (Lipinski definition) is 1. The van der Waals surface area contributed by atoms with Crippen molar-refractivity contribution < 1.29 is 13.5 Å². The van der Waals surface area contributed by atoms with Gasteiger partial charge in [0.2, 0.25) is 0 Å². The van der Waals surface area contributed by atoms with Gasteiger partial charge in [-0.3, -0.25) is 0 Å². The summed E-state index contributed by atoms with van der Waals surface area (Å²) in [5.74, 6) is 1.60. The van der Waals surface area contributed by atoms with Crippen molar-refractivity contribution in [2.24, 2.45) is 0 Å². The summed E-state index contributed by atoms with van der Waals surface area (Å²) in [5.41, 5.74) is 0.572. The fourth-order valence-electron chi connectivity index (χ4n) is 2.35. The molecule has 0 amide bonds. The molecule has 8 heteroatoms. The molecule has 27 heavy (non-hydrogen) atoms. The number of nitrogens with zero attached hydrogens (tertiary/aromatic N) is 2. The Morgan fingerprint density at radius 1 is 0.926 bits per heavy atom. The van der Waals surface area contributed by atoms with Crippen LogP contribution in [0, 0.1) is 0 Å². The van der Waals surface area contributed by atoms with Gasteiger partial charge >= 0.3 is 0 Å². The highest BCUT2D eigenvalue weighted by molar-refractivity contribution is 6.33. The Hall–Kier alpha value is -2.44. The average molecular weight is 410 g/mol. The maximum absolute atomic E-state index is 12.8. The van der Waals surface area contributed by atoms with Gasteiger partial charge in [0, 0.05) is 11.6 Å². The molecule has 0 unspecified atom stereocenters. The first kappa shape index (κ1) is 19.3. The smallest absolute Gasteiger partial charge is 0.282 e. The van der Waals surface area contributed by atoms with Crippen LogP contribution in [0.2, 0.25) is 10.0 Å². The minimum atomic E-state index is -2.74. The third kappa shape index (κ3) is 5.28. The molecule has 140 valence electrons. The molecule has 1 aromatic heterocycles. The summed E-state index contributed by atoms with van der Waals surface area (Å²) in [5, 5.41) is 3.45. The van der Waals surface area contributed by atoms with E-state index in [1.54, 1.807) is 24.3 Å². The molecule has 0 aliphatic heterocycles. The van der Waals surface area contributed by atoms with Gasteiger partial charge in [0.1, 0.15) is 34.4 Å². The zero-order valence-corrected chi connectivity index (χ0v) is 15.5. The highest BCUT2D eigenvalue weighted by Gasteiger charge is 2.17. The third-order valence-electron chi connectivity index (χ3n) is 3.70. The first-order valence-electron chi connectivity index (χ1n) is 8.07. The fraction of sp³-hybridized carbons (Fsp3) is 0.158. The summed E-state index contributed by atoms with van der Waals surface area (Å²) in [6.45, 7) is 0.483. The van der Waals surface area contributed by atoms with Crippen LogP contribution >= 0.6 is 23.2 Å². The number of halogens is 4. The summed E-state index contributed by atoms with van der Waals surface area (Å²) < 4.78 is 31.3. The fourth-order valence-corrected chi connectivity index (χ4v) is 2.72. The summed E-state index contributed by atoms with van der Waals surface area (Å²) in [6.07, 6.45) is -1.02. The summed E-state index contributed by atoms with van der Waals surface area (Å²) in [7, 11) is 0. The molecule has 0 saturated heterocycles. The molecule has 0 fully saturated rings. The molecule has 4 nitrogen and oxygen atoms in total. The van der Waals surface area contributed by atoms with Gasteiger partial charge in [-0.15, -0.1) is 0 Å². The number of rotatable bonds is 7. The Kier molecular flexibility index (Phi) is 6.42. The van der Waals surface area contributed by atoms with Crippen molar-refractivity contribution >= 4 is 29.0 Å². The van der Waals surface area contributed by atoms with Crippen LogP contribution < -0.4 is 10.1 Å².